The van der Waals surface area contributed by atoms with Gasteiger partial charge in [0.05, 0.1) is 32.0 Å². The molecule has 0 radical (unpaired) electrons. The lowest BCUT2D eigenvalue weighted by Crippen LogP contribution is -2.65. The summed E-state index contributed by atoms with van der Waals surface area (Å²) in [7, 11) is 0. The van der Waals surface area contributed by atoms with Crippen LogP contribution in [0.15, 0.2) is 158 Å². The van der Waals surface area contributed by atoms with Gasteiger partial charge >= 0.3 is 0 Å². The molecule has 0 aromatic heterocycles. The third kappa shape index (κ3) is 48.4. The molecular weight excluding hydrogens is 1230 g/mol. The zero-order valence-corrected chi connectivity index (χ0v) is 61.0. The highest BCUT2D eigenvalue weighted by Gasteiger charge is 2.51. The van der Waals surface area contributed by atoms with Gasteiger partial charge in [0.15, 0.2) is 12.6 Å². The minimum atomic E-state index is -1.81. The van der Waals surface area contributed by atoms with E-state index in [-0.39, 0.29) is 18.9 Å². The smallest absolute Gasteiger partial charge is 0.220 e. The van der Waals surface area contributed by atoms with Crippen LogP contribution in [0.25, 0.3) is 0 Å². The molecule has 0 bridgehead atoms. The zero-order valence-electron chi connectivity index (χ0n) is 61.0. The number of amides is 1. The minimum absolute atomic E-state index is 0.204. The first kappa shape index (κ1) is 89.7. The Morgan fingerprint density at radius 1 is 0.378 bits per heavy atom. The van der Waals surface area contributed by atoms with Gasteiger partial charge in [0, 0.05) is 6.42 Å². The highest BCUT2D eigenvalue weighted by atomic mass is 16.7. The van der Waals surface area contributed by atoms with Crippen molar-refractivity contribution >= 4 is 5.91 Å². The largest absolute Gasteiger partial charge is 0.394 e. The molecule has 0 aliphatic carbocycles. The van der Waals surface area contributed by atoms with Crippen LogP contribution in [0.1, 0.15) is 271 Å². The maximum absolute atomic E-state index is 13.3. The van der Waals surface area contributed by atoms with E-state index in [0.29, 0.717) is 12.8 Å². The maximum Gasteiger partial charge on any atom is 0.220 e. The van der Waals surface area contributed by atoms with E-state index in [1.54, 1.807) is 6.08 Å². The van der Waals surface area contributed by atoms with Crippen LogP contribution >= 0.6 is 0 Å². The topological polar surface area (TPSA) is 228 Å². The van der Waals surface area contributed by atoms with Crippen molar-refractivity contribution in [3.8, 4) is 0 Å². The molecule has 2 heterocycles. The fourth-order valence-electron chi connectivity index (χ4n) is 11.6. The van der Waals surface area contributed by atoms with Crippen LogP contribution < -0.4 is 5.32 Å². The van der Waals surface area contributed by atoms with Gasteiger partial charge in [-0.1, -0.05) is 300 Å². The van der Waals surface area contributed by atoms with Gasteiger partial charge in [-0.15, -0.1) is 0 Å². The second-order valence-corrected chi connectivity index (χ2v) is 26.4. The highest BCUT2D eigenvalue weighted by molar-refractivity contribution is 5.76. The Labute approximate surface area is 595 Å². The number of carbonyl (C=O) groups is 1. The van der Waals surface area contributed by atoms with Gasteiger partial charge in [-0.3, -0.25) is 4.79 Å². The number of hydrogen-bond acceptors (Lipinski definition) is 13. The number of hydrogen-bond donors (Lipinski definition) is 9. The molecular formula is C84H139NO13. The lowest BCUT2D eigenvalue weighted by atomic mass is 9.97. The molecule has 0 aromatic rings. The number of rotatable bonds is 62. The molecule has 0 aromatic carbocycles. The van der Waals surface area contributed by atoms with Gasteiger partial charge in [0.25, 0.3) is 0 Å². The van der Waals surface area contributed by atoms with Crippen molar-refractivity contribution in [1.82, 2.24) is 5.32 Å². The molecule has 558 valence electrons. The number of aliphatic hydroxyl groups excluding tert-OH is 8. The Morgan fingerprint density at radius 3 is 1.12 bits per heavy atom. The third-order valence-electron chi connectivity index (χ3n) is 17.7. The number of carbonyl (C=O) groups excluding carboxylic acids is 1. The molecule has 0 spiro atoms. The molecule has 9 N–H and O–H groups in total. The van der Waals surface area contributed by atoms with Gasteiger partial charge in [-0.25, -0.2) is 0 Å². The molecule has 2 rings (SSSR count). The number of nitrogens with one attached hydrogen (secondary N) is 1. The highest BCUT2D eigenvalue weighted by Crippen LogP contribution is 2.30. The SMILES string of the molecule is CC/C=C\C/C=C\C/C=C\C/C=C\C/C=C\C/C=C\C/C=C\C/C=C\C/C=C\C/C=C\CCCCC(=O)NC(COC1OC(CO)C(OC2OC(CO)C(O)C(O)C2O)C(O)C1O)C(O)/C=C/CC/C=C/CC/C=C/CCCCCCCCCCCCCCCCCCCCCCC. The van der Waals surface area contributed by atoms with Crippen molar-refractivity contribution in [3.05, 3.63) is 158 Å². The molecule has 2 saturated heterocycles. The van der Waals surface area contributed by atoms with Crippen LogP contribution in [-0.2, 0) is 23.7 Å². The van der Waals surface area contributed by atoms with Crippen LogP contribution in [0.4, 0.5) is 0 Å². The summed E-state index contributed by atoms with van der Waals surface area (Å²) in [5.74, 6) is -0.300. The van der Waals surface area contributed by atoms with Gasteiger partial charge in [0.1, 0.15) is 48.8 Å². The molecule has 2 fully saturated rings. The molecule has 12 atom stereocenters. The van der Waals surface area contributed by atoms with Crippen molar-refractivity contribution in [2.24, 2.45) is 0 Å². The standard InChI is InChI=1S/C84H139NO13/c1-3-5-7-9-11-13-15-17-19-21-23-25-27-29-31-33-35-36-38-40-42-44-46-48-50-52-54-56-58-60-62-64-66-68-76(89)85-72(71-95-83-81(94)79(92)82(75(70-87)97-83)98-84-80(93)78(91)77(90)74(69-86)96-84)73(88)67-65-63-61-59-57-55-53-51-49-47-45-43-41-39-37-34-32-30-28-26-24-22-20-18-16-14-12-10-8-6-4-2/h5,7,11,13,17,19,23,25,29,31,35-36,40,42,46,48-49,51-52,54,57-60,65,67,72-75,77-84,86-88,90-94H,3-4,6,8-10,12,14-16,18,20-22,24,26-28,30,32-34,37-39,41,43-45,47,50,53,55-56,61-64,66,68-71H2,1-2H3,(H,85,89)/b7-5-,13-11-,19-17-,25-23-,31-29-,36-35-,42-40-,48-46-,51-49+,54-52-,59-57+,60-58-,67-65+. The summed E-state index contributed by atoms with van der Waals surface area (Å²) in [4.78, 5) is 13.3. The first-order valence-electron chi connectivity index (χ1n) is 38.7. The average Bonchev–Trinajstić information content (AvgIpc) is 0.793. The summed E-state index contributed by atoms with van der Waals surface area (Å²) in [6.07, 6.45) is 84.6. The van der Waals surface area contributed by atoms with E-state index in [0.717, 1.165) is 103 Å². The Balaban J connectivity index is 1.71. The summed E-state index contributed by atoms with van der Waals surface area (Å²) in [6.45, 7) is 2.64. The second kappa shape index (κ2) is 65.9. The number of unbranched alkanes of at least 4 members (excludes halogenated alkanes) is 25. The fraction of sp³-hybridized carbons (Fsp3) is 0.679. The number of aliphatic hydroxyl groups is 8. The van der Waals surface area contributed by atoms with Gasteiger partial charge in [-0.2, -0.15) is 0 Å². The zero-order chi connectivity index (χ0) is 70.8. The van der Waals surface area contributed by atoms with Crippen LogP contribution in [-0.4, -0.2) is 140 Å². The van der Waals surface area contributed by atoms with Crippen molar-refractivity contribution in [1.29, 1.82) is 0 Å². The molecule has 1 amide bonds. The van der Waals surface area contributed by atoms with Crippen molar-refractivity contribution < 1.29 is 64.6 Å². The van der Waals surface area contributed by atoms with E-state index in [9.17, 15) is 45.6 Å². The molecule has 0 saturated carbocycles. The summed E-state index contributed by atoms with van der Waals surface area (Å²) >= 11 is 0. The van der Waals surface area contributed by atoms with Gasteiger partial charge < -0.3 is 65.1 Å². The van der Waals surface area contributed by atoms with Crippen molar-refractivity contribution in [3.63, 3.8) is 0 Å². The Hall–Kier alpha value is -4.39. The summed E-state index contributed by atoms with van der Waals surface area (Å²) in [5, 5.41) is 87.5. The predicted molar refractivity (Wildman–Crippen MR) is 405 cm³/mol. The van der Waals surface area contributed by atoms with Crippen LogP contribution in [0, 0.1) is 0 Å². The normalized spacial score (nSPS) is 23.0. The lowest BCUT2D eigenvalue weighted by molar-refractivity contribution is -0.359. The third-order valence-corrected chi connectivity index (χ3v) is 17.7. The Kier molecular flexibility index (Phi) is 60.3. The van der Waals surface area contributed by atoms with E-state index in [2.05, 4.69) is 165 Å². The fourth-order valence-corrected chi connectivity index (χ4v) is 11.6. The number of ether oxygens (including phenoxy) is 4. The number of allylic oxidation sites excluding steroid dienone is 25. The Bertz CT molecular complexity index is 2260. The van der Waals surface area contributed by atoms with Crippen molar-refractivity contribution in [2.75, 3.05) is 19.8 Å². The average molecular weight is 1370 g/mol. The summed E-state index contributed by atoms with van der Waals surface area (Å²) in [5.41, 5.74) is 0. The van der Waals surface area contributed by atoms with E-state index < -0.39 is 86.8 Å². The molecule has 14 nitrogen and oxygen atoms in total. The van der Waals surface area contributed by atoms with E-state index in [1.165, 1.54) is 135 Å². The van der Waals surface area contributed by atoms with E-state index in [4.69, 9.17) is 18.9 Å². The van der Waals surface area contributed by atoms with Crippen LogP contribution in [0.2, 0.25) is 0 Å². The second-order valence-electron chi connectivity index (χ2n) is 26.4. The minimum Gasteiger partial charge on any atom is -0.394 e. The monoisotopic (exact) mass is 1370 g/mol. The summed E-state index contributed by atoms with van der Waals surface area (Å²) in [6, 6.07) is -0.977. The quantitative estimate of drug-likeness (QED) is 0.0204. The molecule has 98 heavy (non-hydrogen) atoms. The van der Waals surface area contributed by atoms with Gasteiger partial charge in [-0.05, 0) is 122 Å². The van der Waals surface area contributed by atoms with Crippen molar-refractivity contribution in [2.45, 2.75) is 344 Å². The first-order valence-corrected chi connectivity index (χ1v) is 38.7. The van der Waals surface area contributed by atoms with E-state index >= 15 is 0 Å². The Morgan fingerprint density at radius 2 is 0.714 bits per heavy atom. The maximum atomic E-state index is 13.3. The molecule has 12 unspecified atom stereocenters. The lowest BCUT2D eigenvalue weighted by Gasteiger charge is -2.46. The van der Waals surface area contributed by atoms with Crippen LogP contribution in [0.3, 0.4) is 0 Å². The molecule has 2 aliphatic rings. The molecule has 2 aliphatic heterocycles. The predicted octanol–water partition coefficient (Wildman–Crippen LogP) is 17.3. The first-order chi connectivity index (χ1) is 48.1. The van der Waals surface area contributed by atoms with Crippen LogP contribution in [0.5, 0.6) is 0 Å². The van der Waals surface area contributed by atoms with Gasteiger partial charge in [0.2, 0.25) is 5.91 Å². The summed E-state index contributed by atoms with van der Waals surface area (Å²) < 4.78 is 22.8. The van der Waals surface area contributed by atoms with E-state index in [1.807, 2.05) is 6.08 Å². The molecule has 14 heteroatoms.